The molecule has 0 aliphatic heterocycles. The van der Waals surface area contributed by atoms with Crippen molar-refractivity contribution in [2.45, 2.75) is 33.6 Å². The lowest BCUT2D eigenvalue weighted by Gasteiger charge is -2.09. The van der Waals surface area contributed by atoms with Crippen LogP contribution in [0.2, 0.25) is 0 Å². The molecular weight excluding hydrogens is 306 g/mol. The molecule has 0 spiro atoms. The maximum Gasteiger partial charge on any atom is 0.194 e. The predicted molar refractivity (Wildman–Crippen MR) is 93.1 cm³/mol. The van der Waals surface area contributed by atoms with Crippen molar-refractivity contribution in [2.24, 2.45) is 0 Å². The molecule has 0 saturated carbocycles. The van der Waals surface area contributed by atoms with Crippen LogP contribution in [0.1, 0.15) is 30.1 Å². The number of rotatable bonds is 5. The first kappa shape index (κ1) is 15.6. The first-order valence-corrected chi connectivity index (χ1v) is 8.61. The summed E-state index contributed by atoms with van der Waals surface area (Å²) in [5, 5.41) is 9.29. The molecule has 2 aromatic heterocycles. The van der Waals surface area contributed by atoms with Crippen LogP contribution in [0.4, 0.5) is 0 Å². The second kappa shape index (κ2) is 6.43. The highest BCUT2D eigenvalue weighted by Crippen LogP contribution is 2.35. The molecule has 118 valence electrons. The number of hydrogen-bond acceptors (Lipinski definition) is 4. The summed E-state index contributed by atoms with van der Waals surface area (Å²) in [7, 11) is 0. The van der Waals surface area contributed by atoms with E-state index >= 15 is 0 Å². The van der Waals surface area contributed by atoms with Crippen LogP contribution in [0.15, 0.2) is 24.3 Å². The summed E-state index contributed by atoms with van der Waals surface area (Å²) in [6.45, 7) is 6.82. The van der Waals surface area contributed by atoms with Crippen LogP contribution >= 0.6 is 11.3 Å². The average molecular weight is 325 g/mol. The third-order valence-electron chi connectivity index (χ3n) is 3.89. The number of nitriles is 1. The molecule has 0 atom stereocenters. The lowest BCUT2D eigenvalue weighted by molar-refractivity contribution is 0.341. The number of hydrogen-bond donors (Lipinski definition) is 0. The summed E-state index contributed by atoms with van der Waals surface area (Å²) in [4.78, 5) is 7.04. The van der Waals surface area contributed by atoms with E-state index < -0.39 is 0 Å². The number of ether oxygens (including phenoxy) is 1. The van der Waals surface area contributed by atoms with Crippen molar-refractivity contribution in [1.29, 1.82) is 5.26 Å². The smallest absolute Gasteiger partial charge is 0.194 e. The molecule has 0 unspecified atom stereocenters. The molecule has 3 rings (SSSR count). The summed E-state index contributed by atoms with van der Waals surface area (Å²) in [6.07, 6.45) is 1.26. The van der Waals surface area contributed by atoms with Gasteiger partial charge in [-0.3, -0.25) is 4.40 Å². The molecule has 4 nitrogen and oxygen atoms in total. The number of fused-ring (bicyclic) bond motifs is 1. The van der Waals surface area contributed by atoms with E-state index in [9.17, 15) is 5.26 Å². The summed E-state index contributed by atoms with van der Waals surface area (Å²) >= 11 is 1.68. The lowest BCUT2D eigenvalue weighted by atomic mass is 10.1. The molecule has 0 fully saturated rings. The Morgan fingerprint density at radius 3 is 2.74 bits per heavy atom. The minimum absolute atomic E-state index is 0.333. The maximum absolute atomic E-state index is 9.29. The SMILES string of the molecule is CCOc1ccccc1-c1nc2sc(C)c(CC)n2c1CC#N. The monoisotopic (exact) mass is 325 g/mol. The van der Waals surface area contributed by atoms with Crippen molar-refractivity contribution < 1.29 is 4.74 Å². The summed E-state index contributed by atoms with van der Waals surface area (Å²) in [5.74, 6) is 0.815. The Labute approximate surface area is 140 Å². The van der Waals surface area contributed by atoms with Gasteiger partial charge in [0.25, 0.3) is 0 Å². The van der Waals surface area contributed by atoms with E-state index in [1.807, 2.05) is 31.2 Å². The van der Waals surface area contributed by atoms with Crippen molar-refractivity contribution in [1.82, 2.24) is 9.38 Å². The molecule has 1 aromatic carbocycles. The Hall–Kier alpha value is -2.32. The molecule has 0 bridgehead atoms. The van der Waals surface area contributed by atoms with Gasteiger partial charge in [-0.2, -0.15) is 5.26 Å². The fourth-order valence-electron chi connectivity index (χ4n) is 2.94. The van der Waals surface area contributed by atoms with Crippen LogP contribution in [-0.4, -0.2) is 16.0 Å². The van der Waals surface area contributed by atoms with Gasteiger partial charge in [0.1, 0.15) is 5.75 Å². The summed E-state index contributed by atoms with van der Waals surface area (Å²) < 4.78 is 7.90. The van der Waals surface area contributed by atoms with Crippen LogP contribution in [0, 0.1) is 18.3 Å². The van der Waals surface area contributed by atoms with Gasteiger partial charge in [0.15, 0.2) is 4.96 Å². The van der Waals surface area contributed by atoms with Gasteiger partial charge >= 0.3 is 0 Å². The van der Waals surface area contributed by atoms with Crippen molar-refractivity contribution in [3.05, 3.63) is 40.5 Å². The van der Waals surface area contributed by atoms with Gasteiger partial charge in [0.05, 0.1) is 30.5 Å². The van der Waals surface area contributed by atoms with Crippen LogP contribution in [0.3, 0.4) is 0 Å². The van der Waals surface area contributed by atoms with E-state index in [1.54, 1.807) is 11.3 Å². The Bertz CT molecular complexity index is 886. The van der Waals surface area contributed by atoms with E-state index in [0.29, 0.717) is 13.0 Å². The highest BCUT2D eigenvalue weighted by molar-refractivity contribution is 7.17. The average Bonchev–Trinajstić information content (AvgIpc) is 3.04. The van der Waals surface area contributed by atoms with E-state index in [2.05, 4.69) is 24.3 Å². The molecular formula is C18H19N3OS. The maximum atomic E-state index is 9.29. The molecule has 2 heterocycles. The number of thiazole rings is 1. The Morgan fingerprint density at radius 1 is 1.26 bits per heavy atom. The molecule has 0 radical (unpaired) electrons. The van der Waals surface area contributed by atoms with Gasteiger partial charge in [-0.15, -0.1) is 11.3 Å². The highest BCUT2D eigenvalue weighted by atomic mass is 32.1. The molecule has 0 aliphatic carbocycles. The Morgan fingerprint density at radius 2 is 2.04 bits per heavy atom. The van der Waals surface area contributed by atoms with Crippen molar-refractivity contribution >= 4 is 16.3 Å². The Kier molecular flexibility index (Phi) is 4.35. The largest absolute Gasteiger partial charge is 0.493 e. The summed E-state index contributed by atoms with van der Waals surface area (Å²) in [6, 6.07) is 10.2. The molecule has 0 saturated heterocycles. The van der Waals surface area contributed by atoms with Crippen LogP contribution in [-0.2, 0) is 12.8 Å². The van der Waals surface area contributed by atoms with E-state index in [4.69, 9.17) is 9.72 Å². The third-order valence-corrected chi connectivity index (χ3v) is 4.88. The van der Waals surface area contributed by atoms with Crippen LogP contribution in [0.5, 0.6) is 5.75 Å². The number of benzene rings is 1. The van der Waals surface area contributed by atoms with Gasteiger partial charge in [-0.1, -0.05) is 19.1 Å². The topological polar surface area (TPSA) is 50.3 Å². The number of imidazole rings is 1. The second-order valence-electron chi connectivity index (χ2n) is 5.25. The third kappa shape index (κ3) is 2.60. The van der Waals surface area contributed by atoms with Crippen molar-refractivity contribution in [3.63, 3.8) is 0 Å². The fourth-order valence-corrected chi connectivity index (χ4v) is 4.01. The number of para-hydroxylation sites is 1. The minimum atomic E-state index is 0.333. The first-order chi connectivity index (χ1) is 11.2. The highest BCUT2D eigenvalue weighted by Gasteiger charge is 2.21. The van der Waals surface area contributed by atoms with Gasteiger partial charge < -0.3 is 4.74 Å². The van der Waals surface area contributed by atoms with Gasteiger partial charge in [-0.05, 0) is 32.4 Å². The Balaban J connectivity index is 2.28. The standard InChI is InChI=1S/C18H19N3OS/c1-4-14-12(3)23-18-20-17(15(10-11-19)21(14)18)13-8-6-7-9-16(13)22-5-2/h6-9H,4-5,10H2,1-3H3. The number of nitrogens with zero attached hydrogens (tertiary/aromatic N) is 3. The molecule has 3 aromatic rings. The zero-order chi connectivity index (χ0) is 16.4. The van der Waals surface area contributed by atoms with Crippen molar-refractivity contribution in [3.8, 4) is 23.1 Å². The van der Waals surface area contributed by atoms with Crippen LogP contribution in [0.25, 0.3) is 16.2 Å². The summed E-state index contributed by atoms with van der Waals surface area (Å²) in [5.41, 5.74) is 4.01. The predicted octanol–water partition coefficient (Wildman–Crippen LogP) is 4.40. The first-order valence-electron chi connectivity index (χ1n) is 7.79. The molecule has 0 aliphatic rings. The van der Waals surface area contributed by atoms with Gasteiger partial charge in [0.2, 0.25) is 0 Å². The quantitative estimate of drug-likeness (QED) is 0.698. The molecule has 23 heavy (non-hydrogen) atoms. The second-order valence-corrected chi connectivity index (χ2v) is 6.43. The minimum Gasteiger partial charge on any atom is -0.493 e. The number of aromatic nitrogens is 2. The molecule has 0 N–H and O–H groups in total. The normalized spacial score (nSPS) is 10.9. The zero-order valence-electron chi connectivity index (χ0n) is 13.6. The zero-order valence-corrected chi connectivity index (χ0v) is 14.4. The van der Waals surface area contributed by atoms with Gasteiger partial charge in [0, 0.05) is 16.1 Å². The van der Waals surface area contributed by atoms with Crippen LogP contribution < -0.4 is 4.74 Å². The van der Waals surface area contributed by atoms with Crippen molar-refractivity contribution in [2.75, 3.05) is 6.61 Å². The fraction of sp³-hybridized carbons (Fsp3) is 0.333. The van der Waals surface area contributed by atoms with E-state index in [1.165, 1.54) is 10.6 Å². The number of aryl methyl sites for hydroxylation is 2. The van der Waals surface area contributed by atoms with E-state index in [-0.39, 0.29) is 0 Å². The van der Waals surface area contributed by atoms with E-state index in [0.717, 1.165) is 34.1 Å². The molecule has 5 heteroatoms. The molecule has 0 amide bonds. The van der Waals surface area contributed by atoms with Gasteiger partial charge in [-0.25, -0.2) is 4.98 Å². The lowest BCUT2D eigenvalue weighted by Crippen LogP contribution is -1.99.